The molecule has 6 nitrogen and oxygen atoms in total. The fourth-order valence-corrected chi connectivity index (χ4v) is 3.68. The van der Waals surface area contributed by atoms with E-state index in [2.05, 4.69) is 10.2 Å². The van der Waals surface area contributed by atoms with E-state index in [0.717, 1.165) is 51.6 Å². The molecule has 138 valence electrons. The Morgan fingerprint density at radius 1 is 1.04 bits per heavy atom. The highest BCUT2D eigenvalue weighted by Gasteiger charge is 2.29. The van der Waals surface area contributed by atoms with Crippen LogP contribution in [0.4, 0.5) is 0 Å². The van der Waals surface area contributed by atoms with Gasteiger partial charge in [-0.25, -0.2) is 0 Å². The van der Waals surface area contributed by atoms with E-state index in [1.165, 1.54) is 0 Å². The quantitative estimate of drug-likeness (QED) is 0.738. The minimum absolute atomic E-state index is 0.0187. The number of amides is 1. The predicted octanol–water partition coefficient (Wildman–Crippen LogP) is 1.25. The summed E-state index contributed by atoms with van der Waals surface area (Å²) in [5.74, 6) is 0.260. The van der Waals surface area contributed by atoms with Crippen molar-refractivity contribution in [2.24, 2.45) is 5.92 Å². The normalized spacial score (nSPS) is 26.1. The Bertz CT molecular complexity index is 412. The molecule has 1 saturated heterocycles. The number of ether oxygens (including phenoxy) is 1. The van der Waals surface area contributed by atoms with Gasteiger partial charge < -0.3 is 15.0 Å². The summed E-state index contributed by atoms with van der Waals surface area (Å²) < 4.78 is 5.13. The fraction of sp³-hybridized carbons (Fsp3) is 0.889. The molecule has 1 saturated carbocycles. The van der Waals surface area contributed by atoms with Crippen LogP contribution in [0, 0.1) is 5.92 Å². The zero-order valence-electron chi connectivity index (χ0n) is 15.4. The van der Waals surface area contributed by atoms with Crippen LogP contribution in [-0.4, -0.2) is 74.1 Å². The second-order valence-corrected chi connectivity index (χ2v) is 7.31. The first-order valence-corrected chi connectivity index (χ1v) is 9.34. The second-order valence-electron chi connectivity index (χ2n) is 7.31. The molecule has 0 radical (unpaired) electrons. The van der Waals surface area contributed by atoms with E-state index >= 15 is 0 Å². The van der Waals surface area contributed by atoms with Gasteiger partial charge in [0.25, 0.3) is 0 Å². The molecule has 0 aromatic rings. The molecule has 1 aliphatic heterocycles. The third-order valence-electron chi connectivity index (χ3n) is 5.26. The molecule has 1 amide bonds. The standard InChI is InChI=1S/C18H33N3O3/c1-4-24-18(23)14-5-7-15(8-6-14)19-16-9-11-21(12-10-16)13-17(22)20(2)3/h14-16,19H,4-13H2,1-3H3. The molecule has 6 heteroatoms. The summed E-state index contributed by atoms with van der Waals surface area (Å²) in [7, 11) is 3.62. The van der Waals surface area contributed by atoms with Crippen LogP contribution < -0.4 is 5.32 Å². The van der Waals surface area contributed by atoms with Crippen molar-refractivity contribution in [2.75, 3.05) is 40.3 Å². The molecule has 0 spiro atoms. The Morgan fingerprint density at radius 2 is 1.62 bits per heavy atom. The number of nitrogens with zero attached hydrogens (tertiary/aromatic N) is 2. The van der Waals surface area contributed by atoms with Gasteiger partial charge in [0.1, 0.15) is 0 Å². The van der Waals surface area contributed by atoms with E-state index in [0.29, 0.717) is 25.2 Å². The summed E-state index contributed by atoms with van der Waals surface area (Å²) in [5.41, 5.74) is 0. The van der Waals surface area contributed by atoms with Crippen molar-refractivity contribution >= 4 is 11.9 Å². The van der Waals surface area contributed by atoms with Crippen molar-refractivity contribution in [1.82, 2.24) is 15.1 Å². The van der Waals surface area contributed by atoms with Gasteiger partial charge in [-0.15, -0.1) is 0 Å². The predicted molar refractivity (Wildman–Crippen MR) is 93.7 cm³/mol. The molecule has 1 aliphatic carbocycles. The van der Waals surface area contributed by atoms with Gasteiger partial charge >= 0.3 is 5.97 Å². The topological polar surface area (TPSA) is 61.9 Å². The molecule has 2 rings (SSSR count). The number of likely N-dealkylation sites (N-methyl/N-ethyl adjacent to an activating group) is 1. The van der Waals surface area contributed by atoms with E-state index in [9.17, 15) is 9.59 Å². The lowest BCUT2D eigenvalue weighted by Gasteiger charge is -2.36. The van der Waals surface area contributed by atoms with Crippen LogP contribution >= 0.6 is 0 Å². The van der Waals surface area contributed by atoms with Crippen molar-refractivity contribution in [2.45, 2.75) is 57.5 Å². The number of esters is 1. The molecule has 0 bridgehead atoms. The Kier molecular flexibility index (Phi) is 7.49. The van der Waals surface area contributed by atoms with Gasteiger partial charge in [0.2, 0.25) is 5.91 Å². The number of carbonyl (C=O) groups is 2. The Balaban J connectivity index is 1.64. The molecular formula is C18H33N3O3. The van der Waals surface area contributed by atoms with E-state index in [-0.39, 0.29) is 17.8 Å². The number of carbonyl (C=O) groups excluding carboxylic acids is 2. The lowest BCUT2D eigenvalue weighted by atomic mass is 9.85. The highest BCUT2D eigenvalue weighted by atomic mass is 16.5. The monoisotopic (exact) mass is 339 g/mol. The smallest absolute Gasteiger partial charge is 0.308 e. The van der Waals surface area contributed by atoms with Crippen LogP contribution in [0.1, 0.15) is 45.4 Å². The average Bonchev–Trinajstić information content (AvgIpc) is 2.57. The molecule has 1 N–H and O–H groups in total. The average molecular weight is 339 g/mol. The van der Waals surface area contributed by atoms with Gasteiger partial charge in [-0.05, 0) is 45.4 Å². The van der Waals surface area contributed by atoms with Gasteiger partial charge in [0.15, 0.2) is 0 Å². The molecule has 2 fully saturated rings. The first-order valence-electron chi connectivity index (χ1n) is 9.34. The van der Waals surface area contributed by atoms with Gasteiger partial charge in [0, 0.05) is 39.3 Å². The van der Waals surface area contributed by atoms with Crippen LogP contribution in [0.15, 0.2) is 0 Å². The van der Waals surface area contributed by atoms with E-state index in [4.69, 9.17) is 4.74 Å². The summed E-state index contributed by atoms with van der Waals surface area (Å²) in [6, 6.07) is 1.07. The summed E-state index contributed by atoms with van der Waals surface area (Å²) in [6.45, 7) is 4.84. The maximum atomic E-state index is 11.8. The molecule has 0 aromatic heterocycles. The first-order chi connectivity index (χ1) is 11.5. The number of rotatable bonds is 6. The highest BCUT2D eigenvalue weighted by Crippen LogP contribution is 2.26. The van der Waals surface area contributed by atoms with Crippen LogP contribution in [0.3, 0.4) is 0 Å². The van der Waals surface area contributed by atoms with Crippen LogP contribution in [0.2, 0.25) is 0 Å². The summed E-state index contributed by atoms with van der Waals surface area (Å²) >= 11 is 0. The van der Waals surface area contributed by atoms with Gasteiger partial charge in [-0.2, -0.15) is 0 Å². The molecule has 2 aliphatic rings. The maximum Gasteiger partial charge on any atom is 0.308 e. The molecule has 0 unspecified atom stereocenters. The Hall–Kier alpha value is -1.14. The summed E-state index contributed by atoms with van der Waals surface area (Å²) in [5, 5.41) is 3.77. The maximum absolute atomic E-state index is 11.8. The SMILES string of the molecule is CCOC(=O)C1CCC(NC2CCN(CC(=O)N(C)C)CC2)CC1. The minimum atomic E-state index is -0.0187. The Morgan fingerprint density at radius 3 is 2.17 bits per heavy atom. The van der Waals surface area contributed by atoms with Gasteiger partial charge in [-0.3, -0.25) is 14.5 Å². The highest BCUT2D eigenvalue weighted by molar-refractivity contribution is 5.77. The number of hydrogen-bond donors (Lipinski definition) is 1. The molecule has 1 heterocycles. The zero-order valence-corrected chi connectivity index (χ0v) is 15.4. The number of likely N-dealkylation sites (tertiary alicyclic amines) is 1. The largest absolute Gasteiger partial charge is 0.466 e. The zero-order chi connectivity index (χ0) is 17.5. The third kappa shape index (κ3) is 5.74. The van der Waals surface area contributed by atoms with Gasteiger partial charge in [-0.1, -0.05) is 0 Å². The minimum Gasteiger partial charge on any atom is -0.466 e. The van der Waals surface area contributed by atoms with Crippen molar-refractivity contribution in [3.63, 3.8) is 0 Å². The lowest BCUT2D eigenvalue weighted by molar-refractivity contribution is -0.149. The molecule has 0 atom stereocenters. The van der Waals surface area contributed by atoms with Gasteiger partial charge in [0.05, 0.1) is 19.1 Å². The van der Waals surface area contributed by atoms with E-state index in [1.54, 1.807) is 4.90 Å². The molecule has 0 aromatic carbocycles. The van der Waals surface area contributed by atoms with Crippen LogP contribution in [0.5, 0.6) is 0 Å². The number of nitrogens with one attached hydrogen (secondary N) is 1. The fourth-order valence-electron chi connectivity index (χ4n) is 3.68. The first kappa shape index (κ1) is 19.2. The summed E-state index contributed by atoms with van der Waals surface area (Å²) in [4.78, 5) is 27.5. The van der Waals surface area contributed by atoms with Crippen molar-refractivity contribution in [3.8, 4) is 0 Å². The van der Waals surface area contributed by atoms with Crippen LogP contribution in [-0.2, 0) is 14.3 Å². The number of piperidine rings is 1. The third-order valence-corrected chi connectivity index (χ3v) is 5.26. The number of hydrogen-bond acceptors (Lipinski definition) is 5. The van der Waals surface area contributed by atoms with Crippen LogP contribution in [0.25, 0.3) is 0 Å². The molecular weight excluding hydrogens is 306 g/mol. The van der Waals surface area contributed by atoms with Crippen molar-refractivity contribution in [1.29, 1.82) is 0 Å². The summed E-state index contributed by atoms with van der Waals surface area (Å²) in [6.07, 6.45) is 6.18. The molecule has 24 heavy (non-hydrogen) atoms. The Labute approximate surface area is 145 Å². The second kappa shape index (κ2) is 9.37. The lowest BCUT2D eigenvalue weighted by Crippen LogP contribution is -2.49. The van der Waals surface area contributed by atoms with Crippen molar-refractivity contribution < 1.29 is 14.3 Å². The van der Waals surface area contributed by atoms with E-state index in [1.807, 2.05) is 21.0 Å². The van der Waals surface area contributed by atoms with Crippen molar-refractivity contribution in [3.05, 3.63) is 0 Å². The van der Waals surface area contributed by atoms with E-state index < -0.39 is 0 Å².